The number of hydrogen-bond donors (Lipinski definition) is 0. The maximum Gasteiger partial charge on any atom is 0.0907 e. The van der Waals surface area contributed by atoms with Crippen molar-refractivity contribution in [3.8, 4) is 0 Å². The molecule has 0 radical (unpaired) electrons. The van der Waals surface area contributed by atoms with Crippen molar-refractivity contribution in [2.75, 3.05) is 13.1 Å². The average Bonchev–Trinajstić information content (AvgIpc) is 2.56. The van der Waals surface area contributed by atoms with Gasteiger partial charge in [-0.2, -0.15) is 0 Å². The molecule has 0 aromatic heterocycles. The summed E-state index contributed by atoms with van der Waals surface area (Å²) in [6.07, 6.45) is 26.0. The van der Waals surface area contributed by atoms with E-state index in [1.54, 1.807) is 0 Å². The van der Waals surface area contributed by atoms with Gasteiger partial charge in [0.2, 0.25) is 0 Å². The van der Waals surface area contributed by atoms with Crippen molar-refractivity contribution in [3.05, 3.63) is 12.3 Å². The van der Waals surface area contributed by atoms with Crippen LogP contribution in [-0.4, -0.2) is 24.3 Å². The molecule has 0 N–H and O–H groups in total. The first-order valence-corrected chi connectivity index (χ1v) is 9.86. The lowest BCUT2D eigenvalue weighted by atomic mass is 10.0. The van der Waals surface area contributed by atoms with Gasteiger partial charge in [-0.1, -0.05) is 90.4 Å². The molecule has 1 aliphatic heterocycles. The van der Waals surface area contributed by atoms with Gasteiger partial charge in [-0.15, -0.1) is 17.0 Å². The van der Waals surface area contributed by atoms with Crippen LogP contribution in [0.15, 0.2) is 17.3 Å². The fraction of sp³-hybridized carbons (Fsp3) is 0.850. The van der Waals surface area contributed by atoms with E-state index in [0.29, 0.717) is 0 Å². The molecular formula is C20H39BrN2. The number of rotatable bonds is 15. The Morgan fingerprint density at radius 3 is 1.65 bits per heavy atom. The monoisotopic (exact) mass is 386 g/mol. The quantitative estimate of drug-likeness (QED) is 0.279. The lowest BCUT2D eigenvalue weighted by molar-refractivity contribution is 0.439. The molecule has 0 saturated heterocycles. The molecule has 1 aliphatic rings. The summed E-state index contributed by atoms with van der Waals surface area (Å²) < 4.78 is 0. The molecule has 3 heteroatoms. The molecule has 1 heterocycles. The average molecular weight is 387 g/mol. The van der Waals surface area contributed by atoms with Gasteiger partial charge in [-0.25, -0.2) is 4.99 Å². The zero-order chi connectivity index (χ0) is 15.7. The predicted molar refractivity (Wildman–Crippen MR) is 110 cm³/mol. The van der Waals surface area contributed by atoms with E-state index in [0.717, 1.165) is 6.54 Å². The molecule has 0 aliphatic carbocycles. The van der Waals surface area contributed by atoms with Gasteiger partial charge in [-0.05, 0) is 12.5 Å². The highest BCUT2D eigenvalue weighted by Gasteiger charge is 2.00. The van der Waals surface area contributed by atoms with Crippen LogP contribution in [0.2, 0.25) is 0 Å². The van der Waals surface area contributed by atoms with Crippen molar-refractivity contribution in [1.29, 1.82) is 0 Å². The third kappa shape index (κ3) is 15.0. The first-order valence-electron chi connectivity index (χ1n) is 9.86. The Morgan fingerprint density at radius 1 is 0.739 bits per heavy atom. The molecule has 0 spiro atoms. The summed E-state index contributed by atoms with van der Waals surface area (Å²) in [6, 6.07) is 0. The summed E-state index contributed by atoms with van der Waals surface area (Å²) >= 11 is 0. The highest BCUT2D eigenvalue weighted by atomic mass is 79.9. The second kappa shape index (κ2) is 18.0. The van der Waals surface area contributed by atoms with E-state index in [1.165, 1.54) is 96.4 Å². The van der Waals surface area contributed by atoms with Crippen LogP contribution in [0.3, 0.4) is 0 Å². The van der Waals surface area contributed by atoms with Crippen LogP contribution in [-0.2, 0) is 0 Å². The van der Waals surface area contributed by atoms with Gasteiger partial charge in [0.15, 0.2) is 0 Å². The molecule has 136 valence electrons. The fourth-order valence-corrected chi connectivity index (χ4v) is 3.08. The first kappa shape index (κ1) is 22.7. The second-order valence-electron chi connectivity index (χ2n) is 6.74. The molecule has 0 fully saturated rings. The van der Waals surface area contributed by atoms with Gasteiger partial charge in [0, 0.05) is 19.3 Å². The number of unbranched alkanes of at least 4 members (excludes halogenated alkanes) is 13. The Hall–Kier alpha value is -0.310. The van der Waals surface area contributed by atoms with Crippen molar-refractivity contribution >= 4 is 23.3 Å². The van der Waals surface area contributed by atoms with Crippen LogP contribution < -0.4 is 0 Å². The van der Waals surface area contributed by atoms with E-state index in [2.05, 4.69) is 22.9 Å². The molecular weight excluding hydrogens is 348 g/mol. The third-order valence-corrected chi connectivity index (χ3v) is 4.56. The Bertz CT molecular complexity index is 289. The summed E-state index contributed by atoms with van der Waals surface area (Å²) in [5, 5.41) is 0. The number of nitrogens with zero attached hydrogens (tertiary/aromatic N) is 2. The second-order valence-corrected chi connectivity index (χ2v) is 6.74. The van der Waals surface area contributed by atoms with Crippen LogP contribution in [0, 0.1) is 0 Å². The van der Waals surface area contributed by atoms with E-state index in [9.17, 15) is 0 Å². The lowest BCUT2D eigenvalue weighted by Crippen LogP contribution is -2.24. The zero-order valence-electron chi connectivity index (χ0n) is 15.3. The molecule has 0 aromatic carbocycles. The van der Waals surface area contributed by atoms with E-state index >= 15 is 0 Å². The van der Waals surface area contributed by atoms with Crippen LogP contribution in [0.5, 0.6) is 0 Å². The smallest absolute Gasteiger partial charge is 0.0907 e. The van der Waals surface area contributed by atoms with Gasteiger partial charge in [-0.3, -0.25) is 0 Å². The van der Waals surface area contributed by atoms with Crippen LogP contribution in [0.25, 0.3) is 0 Å². The maximum absolute atomic E-state index is 4.16. The molecule has 0 aromatic rings. The number of hydrogen-bond acceptors (Lipinski definition) is 2. The largest absolute Gasteiger partial charge is 0.359 e. The molecule has 2 nitrogen and oxygen atoms in total. The number of halogens is 1. The van der Waals surface area contributed by atoms with E-state index in [-0.39, 0.29) is 17.0 Å². The third-order valence-electron chi connectivity index (χ3n) is 4.56. The van der Waals surface area contributed by atoms with E-state index in [1.807, 2.05) is 12.5 Å². The van der Waals surface area contributed by atoms with Crippen LogP contribution >= 0.6 is 17.0 Å². The zero-order valence-corrected chi connectivity index (χ0v) is 17.1. The minimum absolute atomic E-state index is 0. The fourth-order valence-electron chi connectivity index (χ4n) is 3.08. The molecule has 0 unspecified atom stereocenters. The Morgan fingerprint density at radius 2 is 1.22 bits per heavy atom. The predicted octanol–water partition coefficient (Wildman–Crippen LogP) is 6.90. The first-order chi connectivity index (χ1) is 10.9. The van der Waals surface area contributed by atoms with Crippen molar-refractivity contribution < 1.29 is 0 Å². The highest BCUT2D eigenvalue weighted by molar-refractivity contribution is 8.93. The Kier molecular flexibility index (Phi) is 17.8. The molecule has 0 atom stereocenters. The Balaban J connectivity index is 0.00000484. The topological polar surface area (TPSA) is 15.6 Å². The van der Waals surface area contributed by atoms with Gasteiger partial charge in [0.25, 0.3) is 0 Å². The molecule has 23 heavy (non-hydrogen) atoms. The molecule has 1 rings (SSSR count). The molecule has 0 bridgehead atoms. The lowest BCUT2D eigenvalue weighted by Gasteiger charge is -2.18. The summed E-state index contributed by atoms with van der Waals surface area (Å²) in [5.74, 6) is 0. The molecule has 0 saturated carbocycles. The Labute approximate surface area is 155 Å². The van der Waals surface area contributed by atoms with Gasteiger partial charge in [0.05, 0.1) is 6.34 Å². The van der Waals surface area contributed by atoms with Crippen molar-refractivity contribution in [1.82, 2.24) is 4.90 Å². The van der Waals surface area contributed by atoms with Gasteiger partial charge in [0.1, 0.15) is 0 Å². The summed E-state index contributed by atoms with van der Waals surface area (Å²) in [7, 11) is 0. The summed E-state index contributed by atoms with van der Waals surface area (Å²) in [6.45, 7) is 4.51. The van der Waals surface area contributed by atoms with Crippen molar-refractivity contribution in [2.24, 2.45) is 4.99 Å². The van der Waals surface area contributed by atoms with Crippen molar-refractivity contribution in [3.63, 3.8) is 0 Å². The van der Waals surface area contributed by atoms with Crippen LogP contribution in [0.1, 0.15) is 96.8 Å². The SMILES string of the molecule is Br.CCCCCCCCCCCCCCCCN1C=NC=CC1. The van der Waals surface area contributed by atoms with E-state index < -0.39 is 0 Å². The van der Waals surface area contributed by atoms with Gasteiger partial charge < -0.3 is 4.90 Å². The van der Waals surface area contributed by atoms with E-state index in [4.69, 9.17) is 0 Å². The number of aliphatic imine (C=N–C) groups is 1. The van der Waals surface area contributed by atoms with Crippen LogP contribution in [0.4, 0.5) is 0 Å². The standard InChI is InChI=1S/C20H38N2.BrH/c1-2-3-4-5-6-7-8-9-10-11-12-13-14-15-18-22-19-16-17-21-20-22;/h16-17,20H,2-15,18-19H2,1H3;1H. The summed E-state index contributed by atoms with van der Waals surface area (Å²) in [5.41, 5.74) is 0. The molecule has 0 amide bonds. The van der Waals surface area contributed by atoms with Gasteiger partial charge >= 0.3 is 0 Å². The summed E-state index contributed by atoms with van der Waals surface area (Å²) in [4.78, 5) is 6.47. The minimum Gasteiger partial charge on any atom is -0.359 e. The van der Waals surface area contributed by atoms with Crippen molar-refractivity contribution in [2.45, 2.75) is 96.8 Å². The highest BCUT2D eigenvalue weighted by Crippen LogP contribution is 2.13. The minimum atomic E-state index is 0. The normalized spacial score (nSPS) is 13.3. The maximum atomic E-state index is 4.16.